The molecule has 1 aromatic carbocycles. The zero-order chi connectivity index (χ0) is 24.0. The Morgan fingerprint density at radius 2 is 1.67 bits per heavy atom. The number of carbonyl (C=O) groups is 2. The number of nitrogens with zero attached hydrogens (tertiary/aromatic N) is 1. The van der Waals surface area contributed by atoms with Gasteiger partial charge in [0.2, 0.25) is 21.8 Å². The average molecular weight is 480 g/mol. The molecular weight excluding hydrogens is 442 g/mol. The predicted octanol–water partition coefficient (Wildman–Crippen LogP) is 3.53. The van der Waals surface area contributed by atoms with E-state index in [-0.39, 0.29) is 34.3 Å². The fourth-order valence-corrected chi connectivity index (χ4v) is 6.29. The Bertz CT molecular complexity index is 935. The van der Waals surface area contributed by atoms with Crippen molar-refractivity contribution in [2.75, 3.05) is 25.5 Å². The molecule has 1 aliphatic heterocycles. The van der Waals surface area contributed by atoms with E-state index in [9.17, 15) is 18.0 Å². The van der Waals surface area contributed by atoms with Crippen LogP contribution in [-0.4, -0.2) is 50.8 Å². The van der Waals surface area contributed by atoms with Gasteiger partial charge < -0.3 is 15.4 Å². The lowest BCUT2D eigenvalue weighted by molar-refractivity contribution is -0.130. The Kier molecular flexibility index (Phi) is 8.75. The summed E-state index contributed by atoms with van der Waals surface area (Å²) in [6.45, 7) is 4.71. The van der Waals surface area contributed by atoms with Gasteiger partial charge in [-0.05, 0) is 49.8 Å². The molecule has 33 heavy (non-hydrogen) atoms. The lowest BCUT2D eigenvalue weighted by atomic mass is 9.88. The third kappa shape index (κ3) is 6.26. The van der Waals surface area contributed by atoms with Crippen molar-refractivity contribution in [2.45, 2.75) is 76.2 Å². The van der Waals surface area contributed by atoms with Crippen molar-refractivity contribution in [3.05, 3.63) is 18.2 Å². The second kappa shape index (κ2) is 11.3. The number of hydrogen-bond acceptors (Lipinski definition) is 5. The van der Waals surface area contributed by atoms with E-state index >= 15 is 0 Å². The van der Waals surface area contributed by atoms with Crippen LogP contribution in [0.25, 0.3) is 0 Å². The summed E-state index contributed by atoms with van der Waals surface area (Å²) in [5.41, 5.74) is 0.356. The van der Waals surface area contributed by atoms with Crippen LogP contribution in [0.1, 0.15) is 65.2 Å². The van der Waals surface area contributed by atoms with Crippen LogP contribution in [0, 0.1) is 11.8 Å². The molecule has 2 fully saturated rings. The first kappa shape index (κ1) is 25.5. The number of sulfonamides is 1. The van der Waals surface area contributed by atoms with Crippen molar-refractivity contribution >= 4 is 27.5 Å². The van der Waals surface area contributed by atoms with Crippen molar-refractivity contribution in [3.63, 3.8) is 0 Å². The SMILES string of the molecule is COc1ccc(NC(=O)C(NC(=O)C2CCCCC2)C(C)C)cc1S(=O)(=O)N1CCCCC1. The van der Waals surface area contributed by atoms with Crippen LogP contribution in [0.5, 0.6) is 5.75 Å². The molecule has 1 heterocycles. The second-order valence-electron chi connectivity index (χ2n) is 9.38. The summed E-state index contributed by atoms with van der Waals surface area (Å²) in [5, 5.41) is 5.73. The molecule has 8 nitrogen and oxygen atoms in total. The van der Waals surface area contributed by atoms with Crippen LogP contribution in [0.4, 0.5) is 5.69 Å². The van der Waals surface area contributed by atoms with Crippen molar-refractivity contribution in [3.8, 4) is 5.75 Å². The monoisotopic (exact) mass is 479 g/mol. The van der Waals surface area contributed by atoms with Gasteiger partial charge in [-0.25, -0.2) is 8.42 Å². The minimum absolute atomic E-state index is 0.0389. The minimum atomic E-state index is -3.75. The first-order valence-electron chi connectivity index (χ1n) is 12.0. The molecule has 3 rings (SSSR count). The quantitative estimate of drug-likeness (QED) is 0.594. The molecule has 1 saturated heterocycles. The first-order chi connectivity index (χ1) is 15.7. The maximum absolute atomic E-state index is 13.2. The summed E-state index contributed by atoms with van der Waals surface area (Å²) >= 11 is 0. The van der Waals surface area contributed by atoms with Gasteiger partial charge in [0.1, 0.15) is 16.7 Å². The van der Waals surface area contributed by atoms with Gasteiger partial charge in [0.15, 0.2) is 0 Å². The number of nitrogens with one attached hydrogen (secondary N) is 2. The van der Waals surface area contributed by atoms with Crippen LogP contribution < -0.4 is 15.4 Å². The number of anilines is 1. The number of hydrogen-bond donors (Lipinski definition) is 2. The highest BCUT2D eigenvalue weighted by atomic mass is 32.2. The number of amides is 2. The summed E-state index contributed by atoms with van der Waals surface area (Å²) in [7, 11) is -2.32. The van der Waals surface area contributed by atoms with Gasteiger partial charge >= 0.3 is 0 Å². The third-order valence-electron chi connectivity index (χ3n) is 6.59. The molecule has 0 bridgehead atoms. The molecule has 184 valence electrons. The molecule has 1 saturated carbocycles. The number of rotatable bonds is 8. The molecule has 0 spiro atoms. The lowest BCUT2D eigenvalue weighted by Gasteiger charge is -2.27. The fourth-order valence-electron chi connectivity index (χ4n) is 4.59. The summed E-state index contributed by atoms with van der Waals surface area (Å²) in [5.74, 6) is -0.362. The van der Waals surface area contributed by atoms with E-state index < -0.39 is 16.1 Å². The number of benzene rings is 1. The van der Waals surface area contributed by atoms with Crippen LogP contribution in [-0.2, 0) is 19.6 Å². The molecule has 2 N–H and O–H groups in total. The van der Waals surface area contributed by atoms with Crippen molar-refractivity contribution in [1.82, 2.24) is 9.62 Å². The Morgan fingerprint density at radius 1 is 1.03 bits per heavy atom. The van der Waals surface area contributed by atoms with Crippen molar-refractivity contribution < 1.29 is 22.7 Å². The smallest absolute Gasteiger partial charge is 0.247 e. The molecule has 9 heteroatoms. The Labute approximate surface area is 197 Å². The third-order valence-corrected chi connectivity index (χ3v) is 8.51. The highest BCUT2D eigenvalue weighted by Gasteiger charge is 2.31. The molecule has 1 aromatic rings. The Morgan fingerprint density at radius 3 is 2.27 bits per heavy atom. The first-order valence-corrected chi connectivity index (χ1v) is 13.5. The average Bonchev–Trinajstić information content (AvgIpc) is 2.83. The Balaban J connectivity index is 1.77. The zero-order valence-electron chi connectivity index (χ0n) is 19.9. The van der Waals surface area contributed by atoms with Gasteiger partial charge in [0.25, 0.3) is 0 Å². The predicted molar refractivity (Wildman–Crippen MR) is 128 cm³/mol. The summed E-state index contributed by atoms with van der Waals surface area (Å²) in [6.07, 6.45) is 7.61. The van der Waals surface area contributed by atoms with E-state index in [0.29, 0.717) is 18.8 Å². The van der Waals surface area contributed by atoms with Gasteiger partial charge in [-0.3, -0.25) is 9.59 Å². The van der Waals surface area contributed by atoms with Gasteiger partial charge in [-0.2, -0.15) is 4.31 Å². The van der Waals surface area contributed by atoms with Crippen molar-refractivity contribution in [2.24, 2.45) is 11.8 Å². The molecule has 2 amide bonds. The lowest BCUT2D eigenvalue weighted by Crippen LogP contribution is -2.49. The van der Waals surface area contributed by atoms with E-state index in [4.69, 9.17) is 4.74 Å². The number of methoxy groups -OCH3 is 1. The molecular formula is C24H37N3O5S. The Hall–Kier alpha value is -2.13. The van der Waals surface area contributed by atoms with E-state index in [2.05, 4.69) is 10.6 Å². The van der Waals surface area contributed by atoms with Crippen molar-refractivity contribution in [1.29, 1.82) is 0 Å². The highest BCUT2D eigenvalue weighted by Crippen LogP contribution is 2.31. The van der Waals surface area contributed by atoms with E-state index in [1.54, 1.807) is 12.1 Å². The highest BCUT2D eigenvalue weighted by molar-refractivity contribution is 7.89. The van der Waals surface area contributed by atoms with E-state index in [0.717, 1.165) is 51.4 Å². The van der Waals surface area contributed by atoms with Crippen LogP contribution in [0.15, 0.2) is 23.1 Å². The summed E-state index contributed by atoms with van der Waals surface area (Å²) < 4.78 is 33.3. The normalized spacial score (nSPS) is 19.2. The number of ether oxygens (including phenoxy) is 1. The van der Waals surface area contributed by atoms with Gasteiger partial charge in [0, 0.05) is 24.7 Å². The van der Waals surface area contributed by atoms with Gasteiger partial charge in [0.05, 0.1) is 7.11 Å². The maximum atomic E-state index is 13.2. The largest absolute Gasteiger partial charge is 0.495 e. The van der Waals surface area contributed by atoms with E-state index in [1.807, 2.05) is 13.8 Å². The van der Waals surface area contributed by atoms with E-state index in [1.165, 1.54) is 17.5 Å². The molecule has 0 radical (unpaired) electrons. The van der Waals surface area contributed by atoms with Gasteiger partial charge in [-0.15, -0.1) is 0 Å². The summed E-state index contributed by atoms with van der Waals surface area (Å²) in [6, 6.07) is 3.91. The standard InChI is InChI=1S/C24H37N3O5S/c1-17(2)22(26-23(28)18-10-6-4-7-11-18)24(29)25-19-12-13-20(32-3)21(16-19)33(30,31)27-14-8-5-9-15-27/h12-13,16-18,22H,4-11,14-15H2,1-3H3,(H,25,29)(H,26,28). The number of piperidine rings is 1. The molecule has 1 aliphatic carbocycles. The van der Waals surface area contributed by atoms with Crippen LogP contribution in [0.2, 0.25) is 0 Å². The summed E-state index contributed by atoms with van der Waals surface area (Å²) in [4.78, 5) is 25.8. The second-order valence-corrected chi connectivity index (χ2v) is 11.3. The number of carbonyl (C=O) groups excluding carboxylic acids is 2. The molecule has 1 unspecified atom stereocenters. The zero-order valence-corrected chi connectivity index (χ0v) is 20.7. The molecule has 2 aliphatic rings. The molecule has 0 aromatic heterocycles. The maximum Gasteiger partial charge on any atom is 0.247 e. The van der Waals surface area contributed by atoms with Crippen LogP contribution >= 0.6 is 0 Å². The van der Waals surface area contributed by atoms with Gasteiger partial charge in [-0.1, -0.05) is 39.5 Å². The minimum Gasteiger partial charge on any atom is -0.495 e. The van der Waals surface area contributed by atoms with Crippen LogP contribution in [0.3, 0.4) is 0 Å². The fraction of sp³-hybridized carbons (Fsp3) is 0.667. The topological polar surface area (TPSA) is 105 Å². The molecule has 1 atom stereocenters.